The van der Waals surface area contributed by atoms with Crippen LogP contribution in [0.5, 0.6) is 0 Å². The number of hydrogen-bond acceptors (Lipinski definition) is 3. The predicted molar refractivity (Wildman–Crippen MR) is 58.5 cm³/mol. The van der Waals surface area contributed by atoms with Crippen LogP contribution >= 0.6 is 0 Å². The predicted octanol–water partition coefficient (Wildman–Crippen LogP) is 1.49. The molecule has 0 spiro atoms. The number of H-pyrrole nitrogens is 1. The molecule has 1 aliphatic heterocycles. The molecule has 2 rings (SSSR count). The van der Waals surface area contributed by atoms with Crippen molar-refractivity contribution < 1.29 is 4.74 Å². The van der Waals surface area contributed by atoms with Crippen molar-refractivity contribution in [1.29, 1.82) is 0 Å². The fraction of sp³-hybridized carbons (Fsp3) is 0.727. The zero-order valence-electron chi connectivity index (χ0n) is 9.36. The van der Waals surface area contributed by atoms with Crippen LogP contribution in [0.4, 0.5) is 0 Å². The highest BCUT2D eigenvalue weighted by molar-refractivity contribution is 4.94. The molecule has 4 nitrogen and oxygen atoms in total. The van der Waals surface area contributed by atoms with Gasteiger partial charge >= 0.3 is 0 Å². The first-order chi connectivity index (χ1) is 7.27. The smallest absolute Gasteiger partial charge is 0.122 e. The molecule has 1 aromatic rings. The Bertz CT molecular complexity index is 280. The fourth-order valence-corrected chi connectivity index (χ4v) is 2.07. The largest absolute Gasteiger partial charge is 0.381 e. The van der Waals surface area contributed by atoms with Crippen LogP contribution in [0.3, 0.4) is 0 Å². The molecule has 2 N–H and O–H groups in total. The lowest BCUT2D eigenvalue weighted by Crippen LogP contribution is -2.36. The molecule has 0 saturated carbocycles. The number of rotatable bonds is 4. The lowest BCUT2D eigenvalue weighted by atomic mass is 10.00. The number of ether oxygens (including phenoxy) is 1. The first kappa shape index (κ1) is 10.6. The van der Waals surface area contributed by atoms with E-state index < -0.39 is 0 Å². The third-order valence-electron chi connectivity index (χ3n) is 3.11. The average Bonchev–Trinajstić information content (AvgIpc) is 2.91. The topological polar surface area (TPSA) is 49.9 Å². The fourth-order valence-electron chi connectivity index (χ4n) is 2.07. The summed E-state index contributed by atoms with van der Waals surface area (Å²) in [5.41, 5.74) is 0. The second kappa shape index (κ2) is 4.77. The Morgan fingerprint density at radius 2 is 2.47 bits per heavy atom. The molecule has 1 saturated heterocycles. The van der Waals surface area contributed by atoms with Gasteiger partial charge in [-0.15, -0.1) is 0 Å². The summed E-state index contributed by atoms with van der Waals surface area (Å²) in [7, 11) is 0. The van der Waals surface area contributed by atoms with Crippen molar-refractivity contribution in [2.24, 2.45) is 5.92 Å². The molecule has 0 aromatic carbocycles. The minimum atomic E-state index is 0.274. The van der Waals surface area contributed by atoms with Gasteiger partial charge in [-0.1, -0.05) is 0 Å². The number of nitrogens with zero attached hydrogens (tertiary/aromatic N) is 1. The van der Waals surface area contributed by atoms with Gasteiger partial charge in [0.1, 0.15) is 5.82 Å². The molecule has 3 unspecified atom stereocenters. The van der Waals surface area contributed by atoms with Crippen molar-refractivity contribution in [2.45, 2.75) is 32.4 Å². The van der Waals surface area contributed by atoms with Gasteiger partial charge in [-0.3, -0.25) is 0 Å². The van der Waals surface area contributed by atoms with Crippen LogP contribution in [-0.2, 0) is 4.74 Å². The number of aromatic nitrogens is 2. The van der Waals surface area contributed by atoms with E-state index >= 15 is 0 Å². The molecule has 2 heterocycles. The van der Waals surface area contributed by atoms with E-state index in [2.05, 4.69) is 29.1 Å². The molecule has 0 amide bonds. The standard InChI is InChI=1S/C11H19N3O/c1-8(10-3-6-15-7-10)14-9(2)11-12-4-5-13-11/h4-5,8-10,14H,3,6-7H2,1-2H3,(H,12,13). The van der Waals surface area contributed by atoms with E-state index in [1.807, 2.05) is 6.20 Å². The van der Waals surface area contributed by atoms with Crippen molar-refractivity contribution in [3.8, 4) is 0 Å². The highest BCUT2D eigenvalue weighted by Gasteiger charge is 2.23. The summed E-state index contributed by atoms with van der Waals surface area (Å²) in [4.78, 5) is 7.37. The highest BCUT2D eigenvalue weighted by atomic mass is 16.5. The van der Waals surface area contributed by atoms with Crippen LogP contribution in [-0.4, -0.2) is 29.2 Å². The molecule has 4 heteroatoms. The van der Waals surface area contributed by atoms with E-state index in [0.717, 1.165) is 19.0 Å². The second-order valence-electron chi connectivity index (χ2n) is 4.28. The minimum absolute atomic E-state index is 0.274. The monoisotopic (exact) mass is 209 g/mol. The summed E-state index contributed by atoms with van der Waals surface area (Å²) < 4.78 is 5.39. The summed E-state index contributed by atoms with van der Waals surface area (Å²) >= 11 is 0. The normalized spacial score (nSPS) is 25.3. The Kier molecular flexibility index (Phi) is 3.38. The Hall–Kier alpha value is -0.870. The molecule has 0 bridgehead atoms. The number of aromatic amines is 1. The highest BCUT2D eigenvalue weighted by Crippen LogP contribution is 2.18. The van der Waals surface area contributed by atoms with E-state index in [9.17, 15) is 0 Å². The molecule has 15 heavy (non-hydrogen) atoms. The SMILES string of the molecule is CC(NC(C)C1CCOC1)c1ncc[nH]1. The molecule has 3 atom stereocenters. The van der Waals surface area contributed by atoms with E-state index in [-0.39, 0.29) is 6.04 Å². The van der Waals surface area contributed by atoms with Gasteiger partial charge in [0.05, 0.1) is 12.6 Å². The molecule has 0 aliphatic carbocycles. The van der Waals surface area contributed by atoms with Crippen molar-refractivity contribution in [1.82, 2.24) is 15.3 Å². The maximum atomic E-state index is 5.39. The van der Waals surface area contributed by atoms with Crippen LogP contribution in [0.1, 0.15) is 32.1 Å². The molecule has 84 valence electrons. The number of nitrogens with one attached hydrogen (secondary N) is 2. The van der Waals surface area contributed by atoms with Gasteiger partial charge < -0.3 is 15.0 Å². The van der Waals surface area contributed by atoms with Crippen molar-refractivity contribution in [3.05, 3.63) is 18.2 Å². The van der Waals surface area contributed by atoms with E-state index in [1.165, 1.54) is 6.42 Å². The van der Waals surface area contributed by atoms with Crippen molar-refractivity contribution in [3.63, 3.8) is 0 Å². The quantitative estimate of drug-likeness (QED) is 0.789. The van der Waals surface area contributed by atoms with Crippen molar-refractivity contribution >= 4 is 0 Å². The molecule has 1 aromatic heterocycles. The minimum Gasteiger partial charge on any atom is -0.381 e. The van der Waals surface area contributed by atoms with Gasteiger partial charge in [0.2, 0.25) is 0 Å². The second-order valence-corrected chi connectivity index (χ2v) is 4.28. The molecular formula is C11H19N3O. The molecule has 1 fully saturated rings. The van der Waals surface area contributed by atoms with Gasteiger partial charge in [-0.25, -0.2) is 4.98 Å². The van der Waals surface area contributed by atoms with Gasteiger partial charge in [-0.2, -0.15) is 0 Å². The van der Waals surface area contributed by atoms with Gasteiger partial charge in [0.15, 0.2) is 0 Å². The Balaban J connectivity index is 1.85. The number of hydrogen-bond donors (Lipinski definition) is 2. The van der Waals surface area contributed by atoms with Gasteiger partial charge in [0.25, 0.3) is 0 Å². The first-order valence-corrected chi connectivity index (χ1v) is 5.60. The third-order valence-corrected chi connectivity index (χ3v) is 3.11. The average molecular weight is 209 g/mol. The summed E-state index contributed by atoms with van der Waals surface area (Å²) in [6.07, 6.45) is 4.81. The molecule has 0 radical (unpaired) electrons. The Morgan fingerprint density at radius 1 is 1.60 bits per heavy atom. The summed E-state index contributed by atoms with van der Waals surface area (Å²) in [5, 5.41) is 3.55. The van der Waals surface area contributed by atoms with E-state index in [0.29, 0.717) is 12.0 Å². The van der Waals surface area contributed by atoms with Gasteiger partial charge in [-0.05, 0) is 26.2 Å². The van der Waals surface area contributed by atoms with E-state index in [4.69, 9.17) is 4.74 Å². The zero-order chi connectivity index (χ0) is 10.7. The van der Waals surface area contributed by atoms with E-state index in [1.54, 1.807) is 6.20 Å². The van der Waals surface area contributed by atoms with Crippen LogP contribution < -0.4 is 5.32 Å². The van der Waals surface area contributed by atoms with Crippen molar-refractivity contribution in [2.75, 3.05) is 13.2 Å². The maximum Gasteiger partial charge on any atom is 0.122 e. The molecular weight excluding hydrogens is 190 g/mol. The van der Waals surface area contributed by atoms with Crippen LogP contribution in [0, 0.1) is 5.92 Å². The summed E-state index contributed by atoms with van der Waals surface area (Å²) in [6, 6.07) is 0.753. The molecule has 1 aliphatic rings. The van der Waals surface area contributed by atoms with Crippen LogP contribution in [0.2, 0.25) is 0 Å². The van der Waals surface area contributed by atoms with Crippen LogP contribution in [0.25, 0.3) is 0 Å². The number of imidazole rings is 1. The van der Waals surface area contributed by atoms with Crippen LogP contribution in [0.15, 0.2) is 12.4 Å². The first-order valence-electron chi connectivity index (χ1n) is 5.60. The van der Waals surface area contributed by atoms with Gasteiger partial charge in [0, 0.05) is 25.0 Å². The maximum absolute atomic E-state index is 5.39. The summed E-state index contributed by atoms with van der Waals surface area (Å²) in [5.74, 6) is 1.64. The lowest BCUT2D eigenvalue weighted by Gasteiger charge is -2.22. The Morgan fingerprint density at radius 3 is 3.07 bits per heavy atom. The zero-order valence-corrected chi connectivity index (χ0v) is 9.36. The third kappa shape index (κ3) is 2.58. The summed E-state index contributed by atoms with van der Waals surface area (Å²) in [6.45, 7) is 6.15. The Labute approximate surface area is 90.4 Å². The lowest BCUT2D eigenvalue weighted by molar-refractivity contribution is 0.176.